The maximum atomic E-state index is 12.5. The summed E-state index contributed by atoms with van der Waals surface area (Å²) in [5.41, 5.74) is 0. The highest BCUT2D eigenvalue weighted by molar-refractivity contribution is 7.89. The first-order chi connectivity index (χ1) is 12.4. The molecular weight excluding hydrogens is 392 g/mol. The van der Waals surface area contributed by atoms with Gasteiger partial charge in [-0.25, -0.2) is 8.42 Å². The first-order valence-corrected chi connectivity index (χ1v) is 10.6. The number of carbonyl (C=O) groups excluding carboxylic acids is 2. The van der Waals surface area contributed by atoms with Crippen LogP contribution in [0.5, 0.6) is 0 Å². The highest BCUT2D eigenvalue weighted by atomic mass is 35.5. The van der Waals surface area contributed by atoms with Crippen LogP contribution in [0.4, 0.5) is 0 Å². The van der Waals surface area contributed by atoms with Crippen molar-refractivity contribution < 1.29 is 22.7 Å². The summed E-state index contributed by atoms with van der Waals surface area (Å²) in [7, 11) is -3.95. The van der Waals surface area contributed by atoms with Crippen LogP contribution in [0.25, 0.3) is 0 Å². The number of rotatable bonds is 9. The molecule has 0 unspecified atom stereocenters. The Morgan fingerprint density at radius 1 is 1.07 bits per heavy atom. The van der Waals surface area contributed by atoms with Gasteiger partial charge in [0.25, 0.3) is 5.91 Å². The molecule has 152 valence electrons. The topological polar surface area (TPSA) is 102 Å². The average molecular weight is 419 g/mol. The third-order valence-corrected chi connectivity index (χ3v) is 5.38. The van der Waals surface area contributed by atoms with Crippen molar-refractivity contribution in [1.82, 2.24) is 10.0 Å². The van der Waals surface area contributed by atoms with E-state index in [1.54, 1.807) is 13.8 Å². The molecule has 0 aliphatic rings. The molecule has 7 nitrogen and oxygen atoms in total. The van der Waals surface area contributed by atoms with Crippen molar-refractivity contribution >= 4 is 33.5 Å². The van der Waals surface area contributed by atoms with Gasteiger partial charge in [0.1, 0.15) is 6.04 Å². The van der Waals surface area contributed by atoms with Crippen molar-refractivity contribution in [1.29, 1.82) is 0 Å². The summed E-state index contributed by atoms with van der Waals surface area (Å²) in [5, 5.41) is 3.07. The molecule has 2 atom stereocenters. The van der Waals surface area contributed by atoms with Crippen molar-refractivity contribution in [2.24, 2.45) is 11.8 Å². The van der Waals surface area contributed by atoms with Crippen molar-refractivity contribution in [2.75, 3.05) is 6.54 Å². The highest BCUT2D eigenvalue weighted by Gasteiger charge is 2.31. The fourth-order valence-corrected chi connectivity index (χ4v) is 3.51. The molecule has 0 fully saturated rings. The number of ether oxygens (including phenoxy) is 1. The van der Waals surface area contributed by atoms with Crippen molar-refractivity contribution in [3.63, 3.8) is 0 Å². The van der Waals surface area contributed by atoms with E-state index in [1.807, 2.05) is 13.8 Å². The molecule has 1 amide bonds. The molecule has 0 bridgehead atoms. The third kappa shape index (κ3) is 7.48. The largest absolute Gasteiger partial charge is 0.451 e. The number of nitrogens with one attached hydrogen (secondary N) is 2. The minimum Gasteiger partial charge on any atom is -0.451 e. The van der Waals surface area contributed by atoms with Crippen LogP contribution >= 0.6 is 11.6 Å². The molecule has 0 aromatic heterocycles. The Balaban J connectivity index is 2.84. The number of amides is 1. The van der Waals surface area contributed by atoms with Crippen LogP contribution in [0.2, 0.25) is 5.02 Å². The van der Waals surface area contributed by atoms with Gasteiger partial charge >= 0.3 is 5.97 Å². The van der Waals surface area contributed by atoms with Crippen LogP contribution < -0.4 is 10.0 Å². The van der Waals surface area contributed by atoms with Crippen LogP contribution in [0.1, 0.15) is 34.6 Å². The smallest absolute Gasteiger partial charge is 0.325 e. The summed E-state index contributed by atoms with van der Waals surface area (Å²) in [6, 6.07) is 4.44. The quantitative estimate of drug-likeness (QED) is 0.599. The number of benzene rings is 1. The molecule has 27 heavy (non-hydrogen) atoms. The first kappa shape index (κ1) is 23.4. The van der Waals surface area contributed by atoms with Gasteiger partial charge in [0.05, 0.1) is 4.90 Å². The second-order valence-electron chi connectivity index (χ2n) is 7.02. The molecule has 0 radical (unpaired) electrons. The molecule has 0 saturated heterocycles. The molecule has 0 aliphatic carbocycles. The maximum Gasteiger partial charge on any atom is 0.325 e. The molecule has 1 aromatic rings. The number of esters is 1. The van der Waals surface area contributed by atoms with Crippen LogP contribution in [0.15, 0.2) is 29.2 Å². The van der Waals surface area contributed by atoms with Gasteiger partial charge in [0.15, 0.2) is 6.10 Å². The Kier molecular flexibility index (Phi) is 8.71. The van der Waals surface area contributed by atoms with Gasteiger partial charge in [-0.05, 0) is 43.0 Å². The molecule has 1 rings (SSSR count). The first-order valence-electron chi connectivity index (χ1n) is 8.70. The molecule has 9 heteroatoms. The summed E-state index contributed by atoms with van der Waals surface area (Å²) >= 11 is 5.77. The predicted molar refractivity (Wildman–Crippen MR) is 104 cm³/mol. The van der Waals surface area contributed by atoms with E-state index in [1.165, 1.54) is 31.2 Å². The Bertz CT molecular complexity index is 748. The van der Waals surface area contributed by atoms with Gasteiger partial charge in [-0.2, -0.15) is 4.72 Å². The van der Waals surface area contributed by atoms with E-state index < -0.39 is 34.0 Å². The van der Waals surface area contributed by atoms with Crippen LogP contribution in [-0.2, 0) is 24.3 Å². The lowest BCUT2D eigenvalue weighted by atomic mass is 10.1. The minimum absolute atomic E-state index is 0.0203. The predicted octanol–water partition coefficient (Wildman–Crippen LogP) is 2.35. The Morgan fingerprint density at radius 2 is 1.63 bits per heavy atom. The van der Waals surface area contributed by atoms with E-state index in [9.17, 15) is 18.0 Å². The number of halogens is 1. The van der Waals surface area contributed by atoms with E-state index >= 15 is 0 Å². The zero-order chi connectivity index (χ0) is 20.8. The van der Waals surface area contributed by atoms with Gasteiger partial charge in [0, 0.05) is 11.6 Å². The lowest BCUT2D eigenvalue weighted by Gasteiger charge is -2.23. The van der Waals surface area contributed by atoms with Crippen molar-refractivity contribution in [3.8, 4) is 0 Å². The monoisotopic (exact) mass is 418 g/mol. The summed E-state index contributed by atoms with van der Waals surface area (Å²) in [5.74, 6) is -1.37. The summed E-state index contributed by atoms with van der Waals surface area (Å²) in [6.07, 6.45) is -1.03. The zero-order valence-corrected chi connectivity index (χ0v) is 17.7. The van der Waals surface area contributed by atoms with Gasteiger partial charge in [-0.3, -0.25) is 9.59 Å². The number of sulfonamides is 1. The fraction of sp³-hybridized carbons (Fsp3) is 0.556. The molecule has 0 aliphatic heterocycles. The lowest BCUT2D eigenvalue weighted by molar-refractivity contribution is -0.157. The normalized spacial score (nSPS) is 14.1. The van der Waals surface area contributed by atoms with Crippen LogP contribution in [-0.4, -0.2) is 39.0 Å². The second-order valence-corrected chi connectivity index (χ2v) is 9.17. The highest BCUT2D eigenvalue weighted by Crippen LogP contribution is 2.16. The van der Waals surface area contributed by atoms with Gasteiger partial charge in [-0.1, -0.05) is 39.3 Å². The van der Waals surface area contributed by atoms with Gasteiger partial charge in [0.2, 0.25) is 10.0 Å². The van der Waals surface area contributed by atoms with Crippen LogP contribution in [0.3, 0.4) is 0 Å². The van der Waals surface area contributed by atoms with E-state index in [2.05, 4.69) is 10.0 Å². The number of hydrogen-bond donors (Lipinski definition) is 2. The van der Waals surface area contributed by atoms with Gasteiger partial charge < -0.3 is 10.1 Å². The Labute approximate surface area is 165 Å². The van der Waals surface area contributed by atoms with E-state index in [0.717, 1.165) is 0 Å². The fourth-order valence-electron chi connectivity index (χ4n) is 2.05. The van der Waals surface area contributed by atoms with Crippen molar-refractivity contribution in [2.45, 2.75) is 51.7 Å². The molecule has 0 spiro atoms. The average Bonchev–Trinajstić information content (AvgIpc) is 2.57. The molecule has 0 heterocycles. The molecule has 1 aromatic carbocycles. The summed E-state index contributed by atoms with van der Waals surface area (Å²) in [4.78, 5) is 24.4. The van der Waals surface area contributed by atoms with Crippen LogP contribution in [0, 0.1) is 11.8 Å². The Morgan fingerprint density at radius 3 is 2.11 bits per heavy atom. The molecular formula is C18H27ClN2O5S. The molecule has 2 N–H and O–H groups in total. The summed E-state index contributed by atoms with van der Waals surface area (Å²) in [6.45, 7) is 9.14. The Hall–Kier alpha value is -1.64. The minimum atomic E-state index is -3.95. The lowest BCUT2D eigenvalue weighted by Crippen LogP contribution is -2.47. The van der Waals surface area contributed by atoms with E-state index in [-0.39, 0.29) is 16.7 Å². The summed E-state index contributed by atoms with van der Waals surface area (Å²) < 4.78 is 32.6. The molecule has 0 saturated carbocycles. The van der Waals surface area contributed by atoms with E-state index in [0.29, 0.717) is 11.6 Å². The SMILES string of the molecule is CC(C)CNC(=O)[C@H](C)OC(=O)[C@@H](NS(=O)(=O)c1ccc(Cl)cc1)C(C)C. The number of hydrogen-bond acceptors (Lipinski definition) is 5. The number of carbonyl (C=O) groups is 2. The second kappa shape index (κ2) is 10.1. The van der Waals surface area contributed by atoms with Crippen molar-refractivity contribution in [3.05, 3.63) is 29.3 Å². The zero-order valence-electron chi connectivity index (χ0n) is 16.2. The third-order valence-electron chi connectivity index (χ3n) is 3.67. The van der Waals surface area contributed by atoms with Gasteiger partial charge in [-0.15, -0.1) is 0 Å². The standard InChI is InChI=1S/C18H27ClN2O5S/c1-11(2)10-20-17(22)13(5)26-18(23)16(12(3)4)21-27(24,25)15-8-6-14(19)7-9-15/h6-9,11-13,16,21H,10H2,1-5H3,(H,20,22)/t13-,16-/m0/s1. The van der Waals surface area contributed by atoms with E-state index in [4.69, 9.17) is 16.3 Å². The maximum absolute atomic E-state index is 12.5.